The fourth-order valence-corrected chi connectivity index (χ4v) is 4.66. The molecule has 88 valence electrons. The summed E-state index contributed by atoms with van der Waals surface area (Å²) in [6, 6.07) is 1.63. The van der Waals surface area contributed by atoms with Gasteiger partial charge in [0.05, 0.1) is 4.21 Å². The van der Waals surface area contributed by atoms with Crippen LogP contribution in [0.3, 0.4) is 0 Å². The van der Waals surface area contributed by atoms with Crippen LogP contribution in [0.4, 0.5) is 0 Å². The largest absolute Gasteiger partial charge is 0.318 e. The predicted octanol–water partition coefficient (Wildman–Crippen LogP) is 2.10. The number of nitrogens with zero attached hydrogens (tertiary/aromatic N) is 1. The fourth-order valence-electron chi connectivity index (χ4n) is 1.33. The van der Waals surface area contributed by atoms with Gasteiger partial charge in [-0.15, -0.1) is 11.3 Å². The Bertz CT molecular complexity index is 519. The van der Waals surface area contributed by atoms with Crippen LogP contribution in [0.25, 0.3) is 6.08 Å². The number of thiophene rings is 1. The number of hydrogen-bond acceptors (Lipinski definition) is 5. The molecule has 0 fully saturated rings. The first-order chi connectivity index (χ1) is 7.50. The zero-order valence-corrected chi connectivity index (χ0v) is 11.2. The molecule has 4 nitrogen and oxygen atoms in total. The second-order valence-electron chi connectivity index (χ2n) is 3.40. The van der Waals surface area contributed by atoms with E-state index in [1.165, 1.54) is 11.3 Å². The zero-order chi connectivity index (χ0) is 11.8. The molecule has 1 aliphatic rings. The lowest BCUT2D eigenvalue weighted by atomic mass is 10.3. The predicted molar refractivity (Wildman–Crippen MR) is 67.6 cm³/mol. The lowest BCUT2D eigenvalue weighted by molar-refractivity contribution is 0.600. The summed E-state index contributed by atoms with van der Waals surface area (Å²) in [4.78, 5) is 0. The molecule has 0 spiro atoms. The van der Waals surface area contributed by atoms with Crippen LogP contribution in [-0.2, 0) is 10.0 Å². The topological polar surface area (TPSA) is 63.4 Å². The molecule has 1 aromatic rings. The van der Waals surface area contributed by atoms with Crippen LogP contribution in [0.5, 0.6) is 0 Å². The van der Waals surface area contributed by atoms with E-state index in [1.54, 1.807) is 18.0 Å². The molecule has 1 aliphatic heterocycles. The summed E-state index contributed by atoms with van der Waals surface area (Å²) in [6.45, 7) is 3.05. The Morgan fingerprint density at radius 1 is 1.50 bits per heavy atom. The van der Waals surface area contributed by atoms with Crippen LogP contribution in [0.2, 0.25) is 0 Å². The molecule has 0 aliphatic carbocycles. The zero-order valence-electron chi connectivity index (χ0n) is 8.71. The van der Waals surface area contributed by atoms with Gasteiger partial charge in [-0.2, -0.15) is 0 Å². The van der Waals surface area contributed by atoms with E-state index in [4.69, 9.17) is 5.14 Å². The number of sulfonamides is 1. The lowest BCUT2D eigenvalue weighted by Gasteiger charge is -2.20. The molecule has 0 amide bonds. The molecule has 0 aromatic carbocycles. The maximum Gasteiger partial charge on any atom is 0.247 e. The fraction of sp³-hybridized carbons (Fsp3) is 0.333. The van der Waals surface area contributed by atoms with Crippen molar-refractivity contribution in [3.8, 4) is 0 Å². The minimum Gasteiger partial charge on any atom is -0.318 e. The molecule has 0 unspecified atom stereocenters. The first-order valence-corrected chi connectivity index (χ1v) is 7.94. The van der Waals surface area contributed by atoms with Crippen molar-refractivity contribution in [1.29, 1.82) is 0 Å². The van der Waals surface area contributed by atoms with Gasteiger partial charge in [0, 0.05) is 18.3 Å². The van der Waals surface area contributed by atoms with Gasteiger partial charge in [0.25, 0.3) is 0 Å². The van der Waals surface area contributed by atoms with Crippen LogP contribution < -0.4 is 5.14 Å². The summed E-state index contributed by atoms with van der Waals surface area (Å²) in [5.74, 6) is 0. The van der Waals surface area contributed by atoms with Gasteiger partial charge in [-0.3, -0.25) is 0 Å². The highest BCUT2D eigenvalue weighted by molar-refractivity contribution is 7.99. The smallest absolute Gasteiger partial charge is 0.247 e. The molecule has 2 heterocycles. The molecule has 0 bridgehead atoms. The van der Waals surface area contributed by atoms with Gasteiger partial charge in [-0.25, -0.2) is 13.6 Å². The molecule has 0 saturated carbocycles. The molecule has 2 N–H and O–H groups in total. The summed E-state index contributed by atoms with van der Waals surface area (Å²) in [6.07, 6.45) is 4.95. The highest BCUT2D eigenvalue weighted by atomic mass is 32.3. The third-order valence-electron chi connectivity index (χ3n) is 2.05. The van der Waals surface area contributed by atoms with Crippen molar-refractivity contribution >= 4 is 39.4 Å². The Labute approximate surface area is 103 Å². The highest BCUT2D eigenvalue weighted by Crippen LogP contribution is 2.39. The third kappa shape index (κ3) is 2.42. The Hall–Kier alpha value is -0.500. The standard InChI is InChI=1S/C9H12N2O2S3/c1-2-4-11-5-3-7-6-8(16(10,12)13)14-9(7)15-11/h3,5-6H,2,4H2,1H3,(H2,10,12,13). The summed E-state index contributed by atoms with van der Waals surface area (Å²) in [7, 11) is -3.57. The number of primary sulfonamides is 1. The molecule has 16 heavy (non-hydrogen) atoms. The summed E-state index contributed by atoms with van der Waals surface area (Å²) in [5, 5.41) is 5.10. The van der Waals surface area contributed by atoms with Crippen molar-refractivity contribution in [2.24, 2.45) is 5.14 Å². The SMILES string of the molecule is CCCN1C=Cc2cc(S(N)(=O)=O)sc2S1. The first-order valence-electron chi connectivity index (χ1n) is 4.80. The van der Waals surface area contributed by atoms with E-state index < -0.39 is 10.0 Å². The first kappa shape index (κ1) is 12.0. The average Bonchev–Trinajstić information content (AvgIpc) is 2.60. The van der Waals surface area contributed by atoms with Crippen molar-refractivity contribution in [3.05, 3.63) is 17.8 Å². The van der Waals surface area contributed by atoms with Gasteiger partial charge in [-0.1, -0.05) is 6.92 Å². The molecule has 0 saturated heterocycles. The van der Waals surface area contributed by atoms with E-state index in [0.29, 0.717) is 0 Å². The summed E-state index contributed by atoms with van der Waals surface area (Å²) in [5.41, 5.74) is 0.936. The van der Waals surface area contributed by atoms with Gasteiger partial charge < -0.3 is 4.31 Å². The second-order valence-corrected chi connectivity index (χ2v) is 7.56. The Balaban J connectivity index is 2.29. The number of rotatable bonds is 3. The minimum absolute atomic E-state index is 0.230. The van der Waals surface area contributed by atoms with Crippen LogP contribution in [-0.4, -0.2) is 19.3 Å². The van der Waals surface area contributed by atoms with Crippen molar-refractivity contribution in [3.63, 3.8) is 0 Å². The highest BCUT2D eigenvalue weighted by Gasteiger charge is 2.19. The molecular weight excluding hydrogens is 264 g/mol. The Morgan fingerprint density at radius 3 is 2.88 bits per heavy atom. The van der Waals surface area contributed by atoms with Crippen LogP contribution in [0.1, 0.15) is 18.9 Å². The van der Waals surface area contributed by atoms with E-state index in [-0.39, 0.29) is 4.21 Å². The molecule has 0 radical (unpaired) electrons. The third-order valence-corrected chi connectivity index (χ3v) is 5.83. The van der Waals surface area contributed by atoms with Crippen molar-refractivity contribution < 1.29 is 8.42 Å². The van der Waals surface area contributed by atoms with Gasteiger partial charge in [0.2, 0.25) is 10.0 Å². The molecule has 7 heteroatoms. The second kappa shape index (κ2) is 4.40. The average molecular weight is 276 g/mol. The normalized spacial score (nSPS) is 15.2. The Kier molecular flexibility index (Phi) is 3.29. The maximum absolute atomic E-state index is 11.2. The maximum atomic E-state index is 11.2. The van der Waals surface area contributed by atoms with Gasteiger partial charge in [0.1, 0.15) is 4.21 Å². The van der Waals surface area contributed by atoms with Crippen molar-refractivity contribution in [2.45, 2.75) is 21.8 Å². The molecule has 0 atom stereocenters. The Morgan fingerprint density at radius 2 is 2.25 bits per heavy atom. The van der Waals surface area contributed by atoms with Crippen LogP contribution in [0, 0.1) is 0 Å². The minimum atomic E-state index is -3.57. The molecular formula is C9H12N2O2S3. The number of nitrogens with two attached hydrogens (primary N) is 1. The molecule has 2 rings (SSSR count). The van der Waals surface area contributed by atoms with E-state index in [2.05, 4.69) is 11.2 Å². The van der Waals surface area contributed by atoms with Gasteiger partial charge >= 0.3 is 0 Å². The summed E-state index contributed by atoms with van der Waals surface area (Å²) >= 11 is 2.79. The monoisotopic (exact) mass is 276 g/mol. The van der Waals surface area contributed by atoms with Crippen molar-refractivity contribution in [2.75, 3.05) is 6.54 Å². The van der Waals surface area contributed by atoms with E-state index >= 15 is 0 Å². The van der Waals surface area contributed by atoms with Crippen LogP contribution in [0.15, 0.2) is 20.7 Å². The number of hydrogen-bond donors (Lipinski definition) is 1. The lowest BCUT2D eigenvalue weighted by Crippen LogP contribution is -2.10. The summed E-state index contributed by atoms with van der Waals surface area (Å²) < 4.78 is 25.7. The number of fused-ring (bicyclic) bond motifs is 1. The van der Waals surface area contributed by atoms with E-state index in [9.17, 15) is 8.42 Å². The van der Waals surface area contributed by atoms with Gasteiger partial charge in [-0.05, 0) is 30.5 Å². The van der Waals surface area contributed by atoms with Gasteiger partial charge in [0.15, 0.2) is 0 Å². The van der Waals surface area contributed by atoms with Crippen LogP contribution >= 0.6 is 23.3 Å². The van der Waals surface area contributed by atoms with E-state index in [1.807, 2.05) is 12.3 Å². The molecule has 1 aromatic heterocycles. The van der Waals surface area contributed by atoms with E-state index in [0.717, 1.165) is 22.7 Å². The quantitative estimate of drug-likeness (QED) is 0.859. The van der Waals surface area contributed by atoms with Crippen molar-refractivity contribution in [1.82, 2.24) is 4.31 Å².